The average molecular weight is 399 g/mol. The maximum Gasteiger partial charge on any atom is 0.408 e. The summed E-state index contributed by atoms with van der Waals surface area (Å²) in [6.45, 7) is 1.08. The van der Waals surface area contributed by atoms with Gasteiger partial charge in [0, 0.05) is 19.6 Å². The van der Waals surface area contributed by atoms with Crippen molar-refractivity contribution in [3.05, 3.63) is 42.0 Å². The van der Waals surface area contributed by atoms with Gasteiger partial charge in [-0.3, -0.25) is 19.7 Å². The van der Waals surface area contributed by atoms with Crippen molar-refractivity contribution in [3.63, 3.8) is 0 Å². The minimum absolute atomic E-state index is 0.241. The fraction of sp³-hybridized carbons (Fsp3) is 0.476. The Labute approximate surface area is 168 Å². The molecule has 2 unspecified atom stereocenters. The van der Waals surface area contributed by atoms with E-state index in [1.165, 1.54) is 0 Å². The normalized spacial score (nSPS) is 25.3. The Kier molecular flexibility index (Phi) is 5.04. The highest BCUT2D eigenvalue weighted by atomic mass is 16.5. The van der Waals surface area contributed by atoms with Crippen LogP contribution in [0.15, 0.2) is 36.4 Å². The number of carboxylic acid groups (broad SMARTS) is 1. The van der Waals surface area contributed by atoms with E-state index < -0.39 is 24.0 Å². The van der Waals surface area contributed by atoms with Crippen LogP contribution in [0.5, 0.6) is 0 Å². The monoisotopic (exact) mass is 399 g/mol. The van der Waals surface area contributed by atoms with Crippen LogP contribution in [0.1, 0.15) is 31.2 Å². The first kappa shape index (κ1) is 19.4. The Hall–Kier alpha value is -2.87. The van der Waals surface area contributed by atoms with Gasteiger partial charge in [0.2, 0.25) is 11.8 Å². The summed E-state index contributed by atoms with van der Waals surface area (Å²) < 4.78 is 0. The molecule has 3 N–H and O–H groups in total. The standard InChI is InChI=1S/C21H25N3O5/c25-18(22-29)16-12-21(8-9-21)13-24(20(27)28)17(16)19(26)23-10-6-15(7-11-23)14-4-2-1-3-5-14/h1-6,16-17,29H,7-13H2,(H,22,25)(H,27,28). The topological polar surface area (TPSA) is 110 Å². The lowest BCUT2D eigenvalue weighted by Gasteiger charge is -2.44. The summed E-state index contributed by atoms with van der Waals surface area (Å²) in [5.41, 5.74) is 3.65. The van der Waals surface area contributed by atoms with Crippen LogP contribution in [0.25, 0.3) is 5.57 Å². The highest BCUT2D eigenvalue weighted by Gasteiger charge is 2.57. The SMILES string of the molecule is O=C(NO)C1CC2(CC2)CN(C(=O)O)C1C(=O)N1CC=C(c2ccccc2)CC1. The Morgan fingerprint density at radius 3 is 2.41 bits per heavy atom. The molecule has 1 aliphatic carbocycles. The highest BCUT2D eigenvalue weighted by molar-refractivity contribution is 5.93. The summed E-state index contributed by atoms with van der Waals surface area (Å²) in [5, 5.41) is 18.9. The van der Waals surface area contributed by atoms with Gasteiger partial charge < -0.3 is 10.0 Å². The second kappa shape index (κ2) is 7.51. The molecule has 2 atom stereocenters. The number of carbonyl (C=O) groups excluding carboxylic acids is 2. The summed E-state index contributed by atoms with van der Waals surface area (Å²) >= 11 is 0. The molecule has 2 aliphatic heterocycles. The molecule has 3 amide bonds. The smallest absolute Gasteiger partial charge is 0.408 e. The zero-order valence-corrected chi connectivity index (χ0v) is 16.1. The van der Waals surface area contributed by atoms with Gasteiger partial charge in [0.05, 0.1) is 5.92 Å². The molecular weight excluding hydrogens is 374 g/mol. The first-order valence-electron chi connectivity index (χ1n) is 9.91. The Bertz CT molecular complexity index is 849. The van der Waals surface area contributed by atoms with Gasteiger partial charge in [-0.1, -0.05) is 36.4 Å². The molecule has 4 rings (SSSR count). The number of carbonyl (C=O) groups is 3. The molecule has 0 radical (unpaired) electrons. The van der Waals surface area contributed by atoms with Crippen LogP contribution in [-0.2, 0) is 9.59 Å². The van der Waals surface area contributed by atoms with E-state index in [0.29, 0.717) is 25.9 Å². The fourth-order valence-electron chi connectivity index (χ4n) is 4.64. The molecule has 1 spiro atoms. The quantitative estimate of drug-likeness (QED) is 0.532. The van der Waals surface area contributed by atoms with Gasteiger partial charge in [-0.15, -0.1) is 0 Å². The van der Waals surface area contributed by atoms with Crippen LogP contribution in [-0.4, -0.2) is 63.7 Å². The van der Waals surface area contributed by atoms with Gasteiger partial charge in [-0.05, 0) is 42.2 Å². The fourth-order valence-corrected chi connectivity index (χ4v) is 4.64. The molecule has 0 aromatic heterocycles. The zero-order valence-electron chi connectivity index (χ0n) is 16.1. The number of nitrogens with one attached hydrogen (secondary N) is 1. The number of nitrogens with zero attached hydrogens (tertiary/aromatic N) is 2. The van der Waals surface area contributed by atoms with Gasteiger partial charge in [0.1, 0.15) is 6.04 Å². The van der Waals surface area contributed by atoms with Crippen molar-refractivity contribution in [1.82, 2.24) is 15.3 Å². The first-order valence-corrected chi connectivity index (χ1v) is 9.91. The van der Waals surface area contributed by atoms with E-state index in [9.17, 15) is 24.7 Å². The predicted octanol–water partition coefficient (Wildman–Crippen LogP) is 1.96. The van der Waals surface area contributed by atoms with Crippen LogP contribution in [0.2, 0.25) is 0 Å². The molecule has 0 bridgehead atoms. The molecule has 154 valence electrons. The number of hydroxylamine groups is 1. The van der Waals surface area contributed by atoms with Crippen LogP contribution in [0, 0.1) is 11.3 Å². The van der Waals surface area contributed by atoms with E-state index in [1.807, 2.05) is 36.4 Å². The third-order valence-electron chi connectivity index (χ3n) is 6.44. The van der Waals surface area contributed by atoms with Gasteiger partial charge >= 0.3 is 6.09 Å². The van der Waals surface area contributed by atoms with Crippen molar-refractivity contribution < 1.29 is 24.7 Å². The molecule has 3 aliphatic rings. The summed E-state index contributed by atoms with van der Waals surface area (Å²) in [5.74, 6) is -1.96. The second-order valence-electron chi connectivity index (χ2n) is 8.27. The lowest BCUT2D eigenvalue weighted by Crippen LogP contribution is -2.62. The average Bonchev–Trinajstić information content (AvgIpc) is 3.51. The van der Waals surface area contributed by atoms with Crippen molar-refractivity contribution in [3.8, 4) is 0 Å². The molecule has 2 heterocycles. The van der Waals surface area contributed by atoms with Crippen molar-refractivity contribution in [2.45, 2.75) is 31.7 Å². The van der Waals surface area contributed by atoms with E-state index >= 15 is 0 Å². The van der Waals surface area contributed by atoms with Crippen LogP contribution < -0.4 is 5.48 Å². The third-order valence-corrected chi connectivity index (χ3v) is 6.44. The van der Waals surface area contributed by atoms with E-state index in [4.69, 9.17) is 0 Å². The first-order chi connectivity index (χ1) is 13.9. The van der Waals surface area contributed by atoms with E-state index in [1.54, 1.807) is 10.4 Å². The number of amides is 3. The van der Waals surface area contributed by atoms with Crippen molar-refractivity contribution in [2.75, 3.05) is 19.6 Å². The minimum atomic E-state index is -1.21. The Morgan fingerprint density at radius 1 is 1.14 bits per heavy atom. The van der Waals surface area contributed by atoms with Gasteiger partial charge in [-0.2, -0.15) is 0 Å². The van der Waals surface area contributed by atoms with Crippen LogP contribution >= 0.6 is 0 Å². The molecular formula is C21H25N3O5. The maximum atomic E-state index is 13.3. The largest absolute Gasteiger partial charge is 0.465 e. The maximum absolute atomic E-state index is 13.3. The van der Waals surface area contributed by atoms with Gasteiger partial charge in [0.15, 0.2) is 0 Å². The van der Waals surface area contributed by atoms with Crippen molar-refractivity contribution >= 4 is 23.5 Å². The summed E-state index contributed by atoms with van der Waals surface area (Å²) in [6.07, 6.45) is 3.52. The van der Waals surface area contributed by atoms with E-state index in [2.05, 4.69) is 0 Å². The molecule has 2 fully saturated rings. The number of hydrogen-bond donors (Lipinski definition) is 3. The molecule has 8 heteroatoms. The lowest BCUT2D eigenvalue weighted by atomic mass is 9.79. The third kappa shape index (κ3) is 3.72. The van der Waals surface area contributed by atoms with Crippen molar-refractivity contribution in [2.24, 2.45) is 11.3 Å². The number of likely N-dealkylation sites (tertiary alicyclic amines) is 1. The van der Waals surface area contributed by atoms with Crippen LogP contribution in [0.3, 0.4) is 0 Å². The minimum Gasteiger partial charge on any atom is -0.465 e. The zero-order chi connectivity index (χ0) is 20.6. The van der Waals surface area contributed by atoms with E-state index in [-0.39, 0.29) is 17.9 Å². The second-order valence-corrected chi connectivity index (χ2v) is 8.27. The Morgan fingerprint density at radius 2 is 1.86 bits per heavy atom. The summed E-state index contributed by atoms with van der Waals surface area (Å²) in [6, 6.07) is 8.81. The summed E-state index contributed by atoms with van der Waals surface area (Å²) in [4.78, 5) is 40.2. The predicted molar refractivity (Wildman–Crippen MR) is 104 cm³/mol. The molecule has 1 saturated heterocycles. The number of piperidine rings is 1. The van der Waals surface area contributed by atoms with Gasteiger partial charge in [0.25, 0.3) is 0 Å². The number of hydrogen-bond acceptors (Lipinski definition) is 4. The number of benzene rings is 1. The number of rotatable bonds is 3. The van der Waals surface area contributed by atoms with E-state index in [0.717, 1.165) is 28.9 Å². The molecule has 8 nitrogen and oxygen atoms in total. The van der Waals surface area contributed by atoms with Crippen LogP contribution in [0.4, 0.5) is 4.79 Å². The lowest BCUT2D eigenvalue weighted by molar-refractivity contribution is -0.149. The molecule has 1 aromatic rings. The molecule has 29 heavy (non-hydrogen) atoms. The summed E-state index contributed by atoms with van der Waals surface area (Å²) in [7, 11) is 0. The Balaban J connectivity index is 1.56. The molecule has 1 saturated carbocycles. The molecule has 1 aromatic carbocycles. The van der Waals surface area contributed by atoms with Gasteiger partial charge in [-0.25, -0.2) is 10.3 Å². The van der Waals surface area contributed by atoms with Crippen molar-refractivity contribution in [1.29, 1.82) is 0 Å². The highest BCUT2D eigenvalue weighted by Crippen LogP contribution is 2.55.